The van der Waals surface area contributed by atoms with Crippen molar-refractivity contribution in [2.75, 3.05) is 31.8 Å². The Bertz CT molecular complexity index is 278. The summed E-state index contributed by atoms with van der Waals surface area (Å²) in [5.41, 5.74) is 0. The minimum atomic E-state index is -0.136. The maximum Gasteiger partial charge on any atom is 0.240 e. The molecule has 0 aromatic heterocycles. The molecular weight excluding hydrogens is 238 g/mol. The maximum absolute atomic E-state index is 11.9. The molecule has 1 atom stereocenters. The summed E-state index contributed by atoms with van der Waals surface area (Å²) in [7, 11) is 1.67. The fourth-order valence-electron chi connectivity index (χ4n) is 1.49. The highest BCUT2D eigenvalue weighted by molar-refractivity contribution is 7.99. The van der Waals surface area contributed by atoms with E-state index in [1.54, 1.807) is 18.8 Å². The third kappa shape index (κ3) is 4.95. The molecule has 5 nitrogen and oxygen atoms in total. The van der Waals surface area contributed by atoms with Gasteiger partial charge in [0.15, 0.2) is 0 Å². The molecule has 0 aromatic rings. The Kier molecular flexibility index (Phi) is 5.77. The van der Waals surface area contributed by atoms with Crippen LogP contribution in [0.1, 0.15) is 13.8 Å². The maximum atomic E-state index is 11.9. The molecule has 2 N–H and O–H groups in total. The van der Waals surface area contributed by atoms with Gasteiger partial charge in [-0.15, -0.1) is 11.8 Å². The largest absolute Gasteiger partial charge is 0.354 e. The van der Waals surface area contributed by atoms with Gasteiger partial charge in [-0.3, -0.25) is 14.9 Å². The van der Waals surface area contributed by atoms with E-state index in [0.717, 1.165) is 11.6 Å². The third-order valence-corrected chi connectivity index (χ3v) is 3.42. The SMILES string of the molecule is CC(C)CNC(=O)CN(C)C(=O)C1CSCN1. The van der Waals surface area contributed by atoms with Crippen molar-refractivity contribution in [1.29, 1.82) is 0 Å². The lowest BCUT2D eigenvalue weighted by Crippen LogP contribution is -2.47. The molecule has 1 aliphatic rings. The van der Waals surface area contributed by atoms with E-state index in [-0.39, 0.29) is 24.4 Å². The second-order valence-electron chi connectivity index (χ2n) is 4.66. The van der Waals surface area contributed by atoms with Gasteiger partial charge in [-0.2, -0.15) is 0 Å². The fourth-order valence-corrected chi connectivity index (χ4v) is 2.42. The lowest BCUT2D eigenvalue weighted by molar-refractivity contribution is -0.135. The fraction of sp³-hybridized carbons (Fsp3) is 0.818. The highest BCUT2D eigenvalue weighted by Gasteiger charge is 2.26. The van der Waals surface area contributed by atoms with Crippen LogP contribution in [0.15, 0.2) is 0 Å². The predicted octanol–water partition coefficient (Wildman–Crippen LogP) is -0.120. The molecule has 0 saturated carbocycles. The van der Waals surface area contributed by atoms with Crippen LogP contribution in [0.2, 0.25) is 0 Å². The second kappa shape index (κ2) is 6.86. The molecule has 98 valence electrons. The number of nitrogens with zero attached hydrogens (tertiary/aromatic N) is 1. The number of thioether (sulfide) groups is 1. The zero-order chi connectivity index (χ0) is 12.8. The van der Waals surface area contributed by atoms with Crippen LogP contribution < -0.4 is 10.6 Å². The van der Waals surface area contributed by atoms with E-state index in [4.69, 9.17) is 0 Å². The van der Waals surface area contributed by atoms with Gasteiger partial charge in [-0.1, -0.05) is 13.8 Å². The molecule has 6 heteroatoms. The van der Waals surface area contributed by atoms with Crippen molar-refractivity contribution < 1.29 is 9.59 Å². The van der Waals surface area contributed by atoms with Gasteiger partial charge in [0, 0.05) is 25.2 Å². The molecule has 1 aliphatic heterocycles. The summed E-state index contributed by atoms with van der Waals surface area (Å²) >= 11 is 1.70. The summed E-state index contributed by atoms with van der Waals surface area (Å²) in [4.78, 5) is 24.9. The lowest BCUT2D eigenvalue weighted by atomic mass is 10.2. The summed E-state index contributed by atoms with van der Waals surface area (Å²) < 4.78 is 0. The smallest absolute Gasteiger partial charge is 0.240 e. The molecule has 0 bridgehead atoms. The number of rotatable bonds is 5. The average Bonchev–Trinajstić information content (AvgIpc) is 2.78. The number of likely N-dealkylation sites (N-methyl/N-ethyl adjacent to an activating group) is 1. The molecule has 1 rings (SSSR count). The van der Waals surface area contributed by atoms with E-state index in [2.05, 4.69) is 10.6 Å². The molecule has 2 amide bonds. The second-order valence-corrected chi connectivity index (χ2v) is 5.69. The number of nitrogens with one attached hydrogen (secondary N) is 2. The molecule has 1 saturated heterocycles. The predicted molar refractivity (Wildman–Crippen MR) is 69.7 cm³/mol. The summed E-state index contributed by atoms with van der Waals surface area (Å²) in [6.07, 6.45) is 0. The minimum absolute atomic E-state index is 0.00491. The molecule has 0 aromatic carbocycles. The first-order valence-corrected chi connectivity index (χ1v) is 6.99. The number of hydrogen-bond donors (Lipinski definition) is 2. The van der Waals surface area contributed by atoms with Gasteiger partial charge in [0.2, 0.25) is 11.8 Å². The third-order valence-electron chi connectivity index (χ3n) is 2.48. The Morgan fingerprint density at radius 1 is 1.53 bits per heavy atom. The van der Waals surface area contributed by atoms with Gasteiger partial charge >= 0.3 is 0 Å². The van der Waals surface area contributed by atoms with Crippen LogP contribution >= 0.6 is 11.8 Å². The summed E-state index contributed by atoms with van der Waals surface area (Å²) in [6, 6.07) is -0.136. The first-order valence-electron chi connectivity index (χ1n) is 5.83. The highest BCUT2D eigenvalue weighted by atomic mass is 32.2. The Hall–Kier alpha value is -0.750. The minimum Gasteiger partial charge on any atom is -0.354 e. The number of hydrogen-bond acceptors (Lipinski definition) is 4. The first kappa shape index (κ1) is 14.3. The number of carbonyl (C=O) groups is 2. The van der Waals surface area contributed by atoms with Crippen LogP contribution in [0.25, 0.3) is 0 Å². The van der Waals surface area contributed by atoms with Crippen molar-refractivity contribution >= 4 is 23.6 Å². The summed E-state index contributed by atoms with van der Waals surface area (Å²) in [5, 5.41) is 5.90. The van der Waals surface area contributed by atoms with Gasteiger partial charge in [-0.05, 0) is 5.92 Å². The van der Waals surface area contributed by atoms with Gasteiger partial charge in [0.25, 0.3) is 0 Å². The van der Waals surface area contributed by atoms with Gasteiger partial charge in [-0.25, -0.2) is 0 Å². The van der Waals surface area contributed by atoms with Crippen LogP contribution in [0.3, 0.4) is 0 Å². The zero-order valence-corrected chi connectivity index (χ0v) is 11.5. The molecule has 0 spiro atoms. The average molecular weight is 259 g/mol. The van der Waals surface area contributed by atoms with E-state index < -0.39 is 0 Å². The van der Waals surface area contributed by atoms with Crippen molar-refractivity contribution in [1.82, 2.24) is 15.5 Å². The van der Waals surface area contributed by atoms with E-state index in [1.807, 2.05) is 13.8 Å². The van der Waals surface area contributed by atoms with Crippen LogP contribution in [-0.4, -0.2) is 54.5 Å². The van der Waals surface area contributed by atoms with Crippen molar-refractivity contribution in [2.45, 2.75) is 19.9 Å². The molecule has 17 heavy (non-hydrogen) atoms. The van der Waals surface area contributed by atoms with Gasteiger partial charge in [0.1, 0.15) is 0 Å². The summed E-state index contributed by atoms with van der Waals surface area (Å²) in [6.45, 7) is 4.86. The van der Waals surface area contributed by atoms with E-state index in [9.17, 15) is 9.59 Å². The molecule has 0 radical (unpaired) electrons. The summed E-state index contributed by atoms with van der Waals surface area (Å²) in [5.74, 6) is 1.92. The van der Waals surface area contributed by atoms with Crippen LogP contribution in [0.5, 0.6) is 0 Å². The standard InChI is InChI=1S/C11H21N3O2S/c1-8(2)4-12-10(15)5-14(3)11(16)9-6-17-7-13-9/h8-9,13H,4-7H2,1-3H3,(H,12,15). The Morgan fingerprint density at radius 3 is 2.76 bits per heavy atom. The quantitative estimate of drug-likeness (QED) is 0.722. The van der Waals surface area contributed by atoms with Crippen molar-refractivity contribution in [3.05, 3.63) is 0 Å². The molecular formula is C11H21N3O2S. The van der Waals surface area contributed by atoms with E-state index in [1.165, 1.54) is 4.90 Å². The molecule has 0 aliphatic carbocycles. The number of carbonyl (C=O) groups excluding carboxylic acids is 2. The first-order chi connectivity index (χ1) is 8.00. The van der Waals surface area contributed by atoms with Crippen molar-refractivity contribution in [2.24, 2.45) is 5.92 Å². The van der Waals surface area contributed by atoms with Gasteiger partial charge < -0.3 is 10.2 Å². The van der Waals surface area contributed by atoms with E-state index in [0.29, 0.717) is 12.5 Å². The van der Waals surface area contributed by atoms with Crippen LogP contribution in [-0.2, 0) is 9.59 Å². The zero-order valence-electron chi connectivity index (χ0n) is 10.7. The topological polar surface area (TPSA) is 61.4 Å². The van der Waals surface area contributed by atoms with E-state index >= 15 is 0 Å². The number of amides is 2. The van der Waals surface area contributed by atoms with Crippen LogP contribution in [0, 0.1) is 5.92 Å². The Morgan fingerprint density at radius 2 is 2.24 bits per heavy atom. The Balaban J connectivity index is 2.29. The molecule has 1 unspecified atom stereocenters. The van der Waals surface area contributed by atoms with Gasteiger partial charge in [0.05, 0.1) is 12.6 Å². The van der Waals surface area contributed by atoms with Crippen molar-refractivity contribution in [3.63, 3.8) is 0 Å². The van der Waals surface area contributed by atoms with Crippen LogP contribution in [0.4, 0.5) is 0 Å². The monoisotopic (exact) mass is 259 g/mol. The Labute approximate surface area is 107 Å². The lowest BCUT2D eigenvalue weighted by Gasteiger charge is -2.20. The van der Waals surface area contributed by atoms with Crippen molar-refractivity contribution in [3.8, 4) is 0 Å². The molecule has 1 fully saturated rings. The highest BCUT2D eigenvalue weighted by Crippen LogP contribution is 2.11. The normalized spacial score (nSPS) is 19.4. The molecule has 1 heterocycles.